The lowest BCUT2D eigenvalue weighted by Crippen LogP contribution is -2.21. The third-order valence-electron chi connectivity index (χ3n) is 3.89. The van der Waals surface area contributed by atoms with Gasteiger partial charge < -0.3 is 10.8 Å². The lowest BCUT2D eigenvalue weighted by Gasteiger charge is -2.06. The molecule has 0 aliphatic rings. The highest BCUT2D eigenvalue weighted by Crippen LogP contribution is 2.14. The van der Waals surface area contributed by atoms with Crippen molar-refractivity contribution in [1.29, 1.82) is 0 Å². The van der Waals surface area contributed by atoms with E-state index in [2.05, 4.69) is 52.7 Å². The Kier molecular flexibility index (Phi) is 7.33. The van der Waals surface area contributed by atoms with Crippen LogP contribution in [0.4, 0.5) is 13.2 Å². The van der Waals surface area contributed by atoms with Crippen LogP contribution in [0.3, 0.4) is 0 Å². The fourth-order valence-electron chi connectivity index (χ4n) is 2.66. The van der Waals surface area contributed by atoms with Crippen LogP contribution in [-0.2, 0) is 17.8 Å². The van der Waals surface area contributed by atoms with E-state index in [0.717, 1.165) is 29.2 Å². The van der Waals surface area contributed by atoms with E-state index in [1.54, 1.807) is 0 Å². The van der Waals surface area contributed by atoms with Gasteiger partial charge in [0.05, 0.1) is 23.6 Å². The summed E-state index contributed by atoms with van der Waals surface area (Å²) in [6.07, 6.45) is -2.38. The molecule has 0 radical (unpaired) electrons. The van der Waals surface area contributed by atoms with Crippen molar-refractivity contribution in [2.75, 3.05) is 0 Å². The van der Waals surface area contributed by atoms with Crippen LogP contribution in [0.15, 0.2) is 36.5 Å². The molecule has 0 fully saturated rings. The fourth-order valence-corrected chi connectivity index (χ4v) is 2.66. The van der Waals surface area contributed by atoms with Gasteiger partial charge in [-0.15, -0.1) is 5.10 Å². The molecule has 1 atom stereocenters. The van der Waals surface area contributed by atoms with Gasteiger partial charge >= 0.3 is 12.1 Å². The molecule has 0 amide bonds. The Balaban J connectivity index is 0.000000396. The van der Waals surface area contributed by atoms with Crippen molar-refractivity contribution in [3.05, 3.63) is 59.2 Å². The number of hydrogen-bond donors (Lipinski definition) is 2. The average Bonchev–Trinajstić information content (AvgIpc) is 3.20. The van der Waals surface area contributed by atoms with Crippen LogP contribution in [0, 0.1) is 13.8 Å². The number of aliphatic carboxylic acids is 1. The minimum atomic E-state index is -5.08. The van der Waals surface area contributed by atoms with Crippen LogP contribution in [0.1, 0.15) is 29.6 Å². The lowest BCUT2D eigenvalue weighted by molar-refractivity contribution is -0.192. The lowest BCUT2D eigenvalue weighted by atomic mass is 10.2. The second kappa shape index (κ2) is 9.53. The van der Waals surface area contributed by atoms with Gasteiger partial charge in [-0.1, -0.05) is 17.3 Å². The maximum absolute atomic E-state index is 10.6. The molecule has 2 aromatic heterocycles. The highest BCUT2D eigenvalue weighted by molar-refractivity contribution is 5.73. The van der Waals surface area contributed by atoms with Gasteiger partial charge in [0.1, 0.15) is 0 Å². The third-order valence-corrected chi connectivity index (χ3v) is 3.89. The topological polar surface area (TPSA) is 112 Å². The number of benzene rings is 1. The third kappa shape index (κ3) is 6.69. The van der Waals surface area contributed by atoms with E-state index in [9.17, 15) is 13.2 Å². The molecule has 1 unspecified atom stereocenters. The molecule has 30 heavy (non-hydrogen) atoms. The largest absolute Gasteiger partial charge is 0.490 e. The molecule has 0 bridgehead atoms. The van der Waals surface area contributed by atoms with Gasteiger partial charge in [-0.25, -0.2) is 14.2 Å². The first-order chi connectivity index (χ1) is 14.0. The van der Waals surface area contributed by atoms with Gasteiger partial charge in [0.25, 0.3) is 0 Å². The molecule has 0 aliphatic carbocycles. The average molecular weight is 424 g/mol. The number of rotatable bonds is 5. The number of nitrogens with zero attached hydrogens (tertiary/aromatic N) is 5. The van der Waals surface area contributed by atoms with Crippen molar-refractivity contribution in [3.8, 4) is 5.69 Å². The molecule has 3 rings (SSSR count). The van der Waals surface area contributed by atoms with Crippen LogP contribution >= 0.6 is 0 Å². The molecule has 3 N–H and O–H groups in total. The molecule has 2 heterocycles. The van der Waals surface area contributed by atoms with Crippen molar-refractivity contribution in [2.45, 2.75) is 46.0 Å². The van der Waals surface area contributed by atoms with Crippen LogP contribution in [0.5, 0.6) is 0 Å². The van der Waals surface area contributed by atoms with Crippen LogP contribution in [0.25, 0.3) is 5.69 Å². The molecular weight excluding hydrogens is 401 g/mol. The number of aromatic nitrogens is 5. The van der Waals surface area contributed by atoms with E-state index in [-0.39, 0.29) is 6.04 Å². The molecule has 0 saturated heterocycles. The Hall–Kier alpha value is -3.21. The van der Waals surface area contributed by atoms with E-state index in [0.29, 0.717) is 6.54 Å². The SMILES string of the molecule is Cc1cc(C)n(-c2ccc(Cn3cc(CC(C)N)nn3)cc2)n1.O=C(O)C(F)(F)F. The van der Waals surface area contributed by atoms with Gasteiger partial charge in [0.2, 0.25) is 0 Å². The summed E-state index contributed by atoms with van der Waals surface area (Å²) in [5.74, 6) is -2.76. The second-order valence-corrected chi connectivity index (χ2v) is 6.90. The summed E-state index contributed by atoms with van der Waals surface area (Å²) in [4.78, 5) is 8.90. The fraction of sp³-hybridized carbons (Fsp3) is 0.368. The number of hydrogen-bond acceptors (Lipinski definition) is 5. The number of nitrogens with two attached hydrogens (primary N) is 1. The van der Waals surface area contributed by atoms with E-state index in [4.69, 9.17) is 15.6 Å². The van der Waals surface area contributed by atoms with Crippen LogP contribution in [-0.4, -0.2) is 48.1 Å². The van der Waals surface area contributed by atoms with E-state index < -0.39 is 12.1 Å². The zero-order valence-electron chi connectivity index (χ0n) is 16.8. The number of alkyl halides is 3. The summed E-state index contributed by atoms with van der Waals surface area (Å²) in [5, 5.41) is 19.9. The predicted octanol–water partition coefficient (Wildman–Crippen LogP) is 2.65. The molecular formula is C19H23F3N6O2. The summed E-state index contributed by atoms with van der Waals surface area (Å²) >= 11 is 0. The standard InChI is InChI=1S/C17H22N6.C2HF3O2/c1-12(18)8-16-11-22(21-19-16)10-15-4-6-17(7-5-15)23-14(3)9-13(2)20-23;3-2(4,5)1(6)7/h4-7,9,11-12H,8,10,18H2,1-3H3;(H,6,7). The Morgan fingerprint density at radius 2 is 1.83 bits per heavy atom. The predicted molar refractivity (Wildman–Crippen MR) is 103 cm³/mol. The van der Waals surface area contributed by atoms with Crippen molar-refractivity contribution < 1.29 is 23.1 Å². The first kappa shape index (κ1) is 23.1. The van der Waals surface area contributed by atoms with Gasteiger partial charge in [-0.05, 0) is 44.5 Å². The number of carbonyl (C=O) groups is 1. The Labute approximate surface area is 171 Å². The number of halogens is 3. The summed E-state index contributed by atoms with van der Waals surface area (Å²) < 4.78 is 35.5. The molecule has 1 aromatic carbocycles. The summed E-state index contributed by atoms with van der Waals surface area (Å²) in [7, 11) is 0. The zero-order valence-corrected chi connectivity index (χ0v) is 16.8. The Bertz CT molecular complexity index is 977. The van der Waals surface area contributed by atoms with E-state index in [1.165, 1.54) is 5.56 Å². The normalized spacial score (nSPS) is 12.2. The van der Waals surface area contributed by atoms with Crippen molar-refractivity contribution in [2.24, 2.45) is 5.73 Å². The maximum Gasteiger partial charge on any atom is 0.490 e. The van der Waals surface area contributed by atoms with Crippen LogP contribution in [0.2, 0.25) is 0 Å². The quantitative estimate of drug-likeness (QED) is 0.651. The van der Waals surface area contributed by atoms with Crippen molar-refractivity contribution >= 4 is 5.97 Å². The van der Waals surface area contributed by atoms with Gasteiger partial charge in [0.15, 0.2) is 0 Å². The minimum absolute atomic E-state index is 0.0974. The zero-order chi connectivity index (χ0) is 22.5. The second-order valence-electron chi connectivity index (χ2n) is 6.90. The Morgan fingerprint density at radius 1 is 1.23 bits per heavy atom. The first-order valence-electron chi connectivity index (χ1n) is 9.03. The molecule has 0 spiro atoms. The molecule has 162 valence electrons. The van der Waals surface area contributed by atoms with Crippen LogP contribution < -0.4 is 5.73 Å². The number of aryl methyl sites for hydroxylation is 2. The monoisotopic (exact) mass is 424 g/mol. The molecule has 0 aliphatic heterocycles. The summed E-state index contributed by atoms with van der Waals surface area (Å²) in [6.45, 7) is 6.73. The summed E-state index contributed by atoms with van der Waals surface area (Å²) in [5.41, 5.74) is 11.1. The molecule has 8 nitrogen and oxygen atoms in total. The molecule has 0 saturated carbocycles. The smallest absolute Gasteiger partial charge is 0.475 e. The van der Waals surface area contributed by atoms with Gasteiger partial charge in [-0.2, -0.15) is 18.3 Å². The highest BCUT2D eigenvalue weighted by atomic mass is 19.4. The van der Waals surface area contributed by atoms with Crippen molar-refractivity contribution in [1.82, 2.24) is 24.8 Å². The van der Waals surface area contributed by atoms with E-state index >= 15 is 0 Å². The number of carboxylic acids is 1. The number of carboxylic acid groups (broad SMARTS) is 1. The Morgan fingerprint density at radius 3 is 2.30 bits per heavy atom. The minimum Gasteiger partial charge on any atom is -0.475 e. The molecule has 3 aromatic rings. The first-order valence-corrected chi connectivity index (χ1v) is 9.03. The van der Waals surface area contributed by atoms with E-state index in [1.807, 2.05) is 29.4 Å². The summed E-state index contributed by atoms with van der Waals surface area (Å²) in [6, 6.07) is 10.5. The van der Waals surface area contributed by atoms with Crippen molar-refractivity contribution in [3.63, 3.8) is 0 Å². The highest BCUT2D eigenvalue weighted by Gasteiger charge is 2.38. The van der Waals surface area contributed by atoms with Gasteiger partial charge in [-0.3, -0.25) is 0 Å². The van der Waals surface area contributed by atoms with Gasteiger partial charge in [0, 0.05) is 24.4 Å². The molecule has 11 heteroatoms. The maximum atomic E-state index is 10.6.